The summed E-state index contributed by atoms with van der Waals surface area (Å²) in [5, 5.41) is 3.05. The van der Waals surface area contributed by atoms with Crippen molar-refractivity contribution in [1.29, 1.82) is 0 Å². The number of carbonyl (C=O) groups excluding carboxylic acids is 2. The molecule has 1 N–H and O–H groups in total. The molecule has 0 spiro atoms. The topological polar surface area (TPSA) is 58.6 Å². The van der Waals surface area contributed by atoms with Gasteiger partial charge in [0.05, 0.1) is 5.56 Å². The summed E-state index contributed by atoms with van der Waals surface area (Å²) >= 11 is 11.9. The van der Waals surface area contributed by atoms with Crippen molar-refractivity contribution in [2.24, 2.45) is 28.6 Å². The van der Waals surface area contributed by atoms with E-state index in [1.807, 2.05) is 30.3 Å². The van der Waals surface area contributed by atoms with Gasteiger partial charge < -0.3 is 15.0 Å². The average Bonchev–Trinajstić information content (AvgIpc) is 3.12. The number of fused-ring (bicyclic) bond motifs is 5. The lowest BCUT2D eigenvalue weighted by Gasteiger charge is -2.56. The first-order valence-electron chi connectivity index (χ1n) is 14.0. The molecule has 202 valence electrons. The number of carbonyl (C=O) groups is 2. The second-order valence-corrected chi connectivity index (χ2v) is 12.7. The predicted octanol–water partition coefficient (Wildman–Crippen LogP) is 6.18. The summed E-state index contributed by atoms with van der Waals surface area (Å²) in [6.45, 7) is 6.95. The minimum absolute atomic E-state index is 0.0185. The van der Waals surface area contributed by atoms with Crippen LogP contribution in [-0.4, -0.2) is 49.4 Å². The number of ether oxygens (including phenoxy) is 1. The highest BCUT2D eigenvalue weighted by Gasteiger charge is 2.59. The molecule has 0 bridgehead atoms. The van der Waals surface area contributed by atoms with Crippen molar-refractivity contribution < 1.29 is 14.3 Å². The average molecular weight is 548 g/mol. The van der Waals surface area contributed by atoms with Crippen LogP contribution in [0.3, 0.4) is 0 Å². The normalized spacial score (nSPS) is 34.8. The lowest BCUT2D eigenvalue weighted by Crippen LogP contribution is -2.51. The zero-order chi connectivity index (χ0) is 26.2. The van der Waals surface area contributed by atoms with Crippen LogP contribution in [0.1, 0.15) is 69.2 Å². The molecule has 0 saturated heterocycles. The number of alkyl halides is 2. The molecule has 6 atom stereocenters. The van der Waals surface area contributed by atoms with Gasteiger partial charge in [0.15, 0.2) is 0 Å². The van der Waals surface area contributed by atoms with E-state index in [1.165, 1.54) is 5.57 Å². The van der Waals surface area contributed by atoms with Crippen LogP contribution in [0.25, 0.3) is 0 Å². The summed E-state index contributed by atoms with van der Waals surface area (Å²) in [7, 11) is 0. The van der Waals surface area contributed by atoms with Crippen LogP contribution < -0.4 is 10.2 Å². The maximum Gasteiger partial charge on any atom is 0.338 e. The van der Waals surface area contributed by atoms with Gasteiger partial charge in [-0.1, -0.05) is 19.4 Å². The third-order valence-electron chi connectivity index (χ3n) is 10.3. The van der Waals surface area contributed by atoms with Crippen molar-refractivity contribution in [1.82, 2.24) is 5.32 Å². The largest absolute Gasteiger partial charge is 0.458 e. The summed E-state index contributed by atoms with van der Waals surface area (Å²) in [4.78, 5) is 27.5. The molecule has 1 aromatic rings. The van der Waals surface area contributed by atoms with E-state index >= 15 is 0 Å². The molecular weight excluding hydrogens is 507 g/mol. The molecule has 3 saturated carbocycles. The molecule has 1 aromatic carbocycles. The number of hydrogen-bond donors (Lipinski definition) is 1. The highest BCUT2D eigenvalue weighted by atomic mass is 35.5. The van der Waals surface area contributed by atoms with E-state index in [-0.39, 0.29) is 28.8 Å². The van der Waals surface area contributed by atoms with Crippen LogP contribution >= 0.6 is 23.2 Å². The number of rotatable bonds is 7. The molecule has 0 aromatic heterocycles. The minimum Gasteiger partial charge on any atom is -0.458 e. The Kier molecular flexibility index (Phi) is 7.85. The van der Waals surface area contributed by atoms with Gasteiger partial charge in [0, 0.05) is 48.6 Å². The minimum atomic E-state index is -0.226. The van der Waals surface area contributed by atoms with Gasteiger partial charge in [-0.3, -0.25) is 4.79 Å². The summed E-state index contributed by atoms with van der Waals surface area (Å²) in [5.74, 6) is 2.69. The van der Waals surface area contributed by atoms with E-state index < -0.39 is 0 Å². The summed E-state index contributed by atoms with van der Waals surface area (Å²) in [5.41, 5.74) is 3.08. The molecule has 37 heavy (non-hydrogen) atoms. The van der Waals surface area contributed by atoms with Gasteiger partial charge in [0.25, 0.3) is 0 Å². The second-order valence-electron chi connectivity index (χ2n) is 12.0. The van der Waals surface area contributed by atoms with Gasteiger partial charge in [0.2, 0.25) is 5.91 Å². The smallest absolute Gasteiger partial charge is 0.338 e. The molecule has 6 unspecified atom stereocenters. The van der Waals surface area contributed by atoms with Crippen molar-refractivity contribution in [2.75, 3.05) is 36.3 Å². The first-order valence-corrected chi connectivity index (χ1v) is 15.0. The first-order chi connectivity index (χ1) is 17.8. The van der Waals surface area contributed by atoms with Crippen molar-refractivity contribution in [2.45, 2.75) is 64.9 Å². The number of anilines is 1. The molecule has 3 fully saturated rings. The Bertz CT molecular complexity index is 1040. The predicted molar refractivity (Wildman–Crippen MR) is 149 cm³/mol. The van der Waals surface area contributed by atoms with Gasteiger partial charge in [-0.2, -0.15) is 0 Å². The highest BCUT2D eigenvalue weighted by molar-refractivity contribution is 6.18. The molecule has 4 aliphatic rings. The quantitative estimate of drug-likeness (QED) is 0.327. The molecule has 5 rings (SSSR count). The SMILES string of the molecule is CC12CCNC(=O)C=C1CCC1C2CCC2(C)C(OC(=O)c3ccc(N(CCCl)CCCl)cc3)CCC12. The zero-order valence-corrected chi connectivity index (χ0v) is 23.6. The molecule has 1 aliphatic heterocycles. The Morgan fingerprint density at radius 1 is 1.03 bits per heavy atom. The molecule has 5 nitrogen and oxygen atoms in total. The first kappa shape index (κ1) is 26.9. The Balaban J connectivity index is 1.28. The molecule has 1 amide bonds. The van der Waals surface area contributed by atoms with Gasteiger partial charge in [0.1, 0.15) is 6.10 Å². The van der Waals surface area contributed by atoms with Crippen LogP contribution in [0.4, 0.5) is 5.69 Å². The maximum atomic E-state index is 13.2. The van der Waals surface area contributed by atoms with Crippen molar-refractivity contribution in [3.63, 3.8) is 0 Å². The fourth-order valence-corrected chi connectivity index (χ4v) is 8.70. The Hall–Kier alpha value is -1.72. The molecular formula is C30H40Cl2N2O3. The van der Waals surface area contributed by atoms with Crippen LogP contribution in [0.5, 0.6) is 0 Å². The van der Waals surface area contributed by atoms with E-state index in [1.54, 1.807) is 0 Å². The van der Waals surface area contributed by atoms with Crippen LogP contribution in [0.15, 0.2) is 35.9 Å². The molecule has 3 aliphatic carbocycles. The van der Waals surface area contributed by atoms with Crippen molar-refractivity contribution in [3.05, 3.63) is 41.5 Å². The monoisotopic (exact) mass is 546 g/mol. The number of allylic oxidation sites excluding steroid dienone is 1. The molecule has 1 heterocycles. The van der Waals surface area contributed by atoms with Gasteiger partial charge in [-0.05, 0) is 92.4 Å². The van der Waals surface area contributed by atoms with E-state index in [9.17, 15) is 9.59 Å². The number of halogens is 2. The highest BCUT2D eigenvalue weighted by Crippen LogP contribution is 2.65. The van der Waals surface area contributed by atoms with E-state index in [4.69, 9.17) is 27.9 Å². The van der Waals surface area contributed by atoms with Crippen LogP contribution in [-0.2, 0) is 9.53 Å². The number of nitrogens with one attached hydrogen (secondary N) is 1. The lowest BCUT2D eigenvalue weighted by molar-refractivity contribution is -0.116. The van der Waals surface area contributed by atoms with E-state index in [0.717, 1.165) is 57.2 Å². The molecule has 7 heteroatoms. The lowest BCUT2D eigenvalue weighted by atomic mass is 9.48. The van der Waals surface area contributed by atoms with E-state index in [2.05, 4.69) is 24.1 Å². The number of hydrogen-bond acceptors (Lipinski definition) is 4. The Labute approximate surface area is 231 Å². The van der Waals surface area contributed by atoms with E-state index in [0.29, 0.717) is 48.2 Å². The Morgan fingerprint density at radius 2 is 1.76 bits per heavy atom. The van der Waals surface area contributed by atoms with Crippen molar-refractivity contribution in [3.8, 4) is 0 Å². The van der Waals surface area contributed by atoms with Gasteiger partial charge in [-0.25, -0.2) is 4.79 Å². The second kappa shape index (κ2) is 10.8. The summed E-state index contributed by atoms with van der Waals surface area (Å²) in [6, 6.07) is 7.63. The number of nitrogens with zero attached hydrogens (tertiary/aromatic N) is 1. The van der Waals surface area contributed by atoms with Crippen molar-refractivity contribution >= 4 is 40.8 Å². The molecule has 0 radical (unpaired) electrons. The zero-order valence-electron chi connectivity index (χ0n) is 22.1. The number of benzene rings is 1. The fourth-order valence-electron chi connectivity index (χ4n) is 8.29. The summed E-state index contributed by atoms with van der Waals surface area (Å²) < 4.78 is 6.25. The van der Waals surface area contributed by atoms with Gasteiger partial charge >= 0.3 is 5.97 Å². The van der Waals surface area contributed by atoms with Gasteiger partial charge in [-0.15, -0.1) is 23.2 Å². The third kappa shape index (κ3) is 4.91. The fraction of sp³-hybridized carbons (Fsp3) is 0.667. The van der Waals surface area contributed by atoms with Crippen LogP contribution in [0.2, 0.25) is 0 Å². The Morgan fingerprint density at radius 3 is 2.46 bits per heavy atom. The third-order valence-corrected chi connectivity index (χ3v) is 10.7. The standard InChI is InChI=1S/C30H40Cl2N2O3/c1-29-13-16-33-27(35)19-21(29)5-8-23-24-9-10-26(30(24,2)12-11-25(23)29)37-28(36)20-3-6-22(7-4-20)34(17-14-31)18-15-32/h3-4,6-7,19,23-26H,5,8-18H2,1-2H3,(H,33,35). The van der Waals surface area contributed by atoms with Crippen LogP contribution in [0, 0.1) is 28.6 Å². The number of esters is 1. The maximum absolute atomic E-state index is 13.2. The summed E-state index contributed by atoms with van der Waals surface area (Å²) in [6.07, 6.45) is 9.30. The number of amides is 1.